The summed E-state index contributed by atoms with van der Waals surface area (Å²) >= 11 is 0. The van der Waals surface area contributed by atoms with Crippen molar-refractivity contribution in [3.8, 4) is 5.69 Å². The number of amides is 3. The quantitative estimate of drug-likeness (QED) is 0.353. The summed E-state index contributed by atoms with van der Waals surface area (Å²) in [6, 6.07) is 15.8. The third-order valence-corrected chi connectivity index (χ3v) is 7.33. The number of urea groups is 1. The summed E-state index contributed by atoms with van der Waals surface area (Å²) in [5, 5.41) is 21.4. The molecule has 3 N–H and O–H groups in total. The van der Waals surface area contributed by atoms with E-state index in [9.17, 15) is 19.5 Å². The lowest BCUT2D eigenvalue weighted by Crippen LogP contribution is -2.50. The highest BCUT2D eigenvalue weighted by atomic mass is 16.3. The van der Waals surface area contributed by atoms with Crippen molar-refractivity contribution < 1.29 is 14.7 Å². The molecular weight excluding hydrogens is 498 g/mol. The summed E-state index contributed by atoms with van der Waals surface area (Å²) in [4.78, 5) is 44.3. The molecule has 200 valence electrons. The van der Waals surface area contributed by atoms with Gasteiger partial charge in [0.1, 0.15) is 11.7 Å². The molecule has 11 heteroatoms. The Morgan fingerprint density at radius 1 is 1.00 bits per heavy atom. The van der Waals surface area contributed by atoms with Gasteiger partial charge in [0.05, 0.1) is 24.0 Å². The van der Waals surface area contributed by atoms with Gasteiger partial charge in [-0.05, 0) is 56.0 Å². The number of nitrogens with zero attached hydrogens (tertiary/aromatic N) is 5. The number of nitrogens with one attached hydrogen (secondary N) is 2. The molecule has 3 amide bonds. The zero-order valence-electron chi connectivity index (χ0n) is 21.3. The van der Waals surface area contributed by atoms with Gasteiger partial charge in [0.2, 0.25) is 5.91 Å². The van der Waals surface area contributed by atoms with Crippen molar-refractivity contribution in [3.05, 3.63) is 77.5 Å². The lowest BCUT2D eigenvalue weighted by atomic mass is 9.91. The molecule has 6 rings (SSSR count). The lowest BCUT2D eigenvalue weighted by molar-refractivity contribution is -0.137. The SMILES string of the molecule is O=C(Nc1ccccc1)Nc1cccc(-n2ncc3c(=O)n(CC4(O)CCN(C(=O)C5CC5)CC4)cnc32)c1. The molecule has 2 aliphatic rings. The van der Waals surface area contributed by atoms with E-state index in [4.69, 9.17) is 0 Å². The number of para-hydroxylation sites is 1. The molecule has 2 aromatic heterocycles. The largest absolute Gasteiger partial charge is 0.388 e. The summed E-state index contributed by atoms with van der Waals surface area (Å²) in [6.45, 7) is 1.07. The zero-order valence-corrected chi connectivity index (χ0v) is 21.3. The van der Waals surface area contributed by atoms with E-state index in [-0.39, 0.29) is 30.0 Å². The van der Waals surface area contributed by atoms with Gasteiger partial charge in [-0.2, -0.15) is 5.10 Å². The fraction of sp³-hybridized carbons (Fsp3) is 0.321. The van der Waals surface area contributed by atoms with Crippen LogP contribution in [0.4, 0.5) is 16.2 Å². The van der Waals surface area contributed by atoms with Gasteiger partial charge in [0.15, 0.2) is 5.65 Å². The van der Waals surface area contributed by atoms with E-state index in [2.05, 4.69) is 20.7 Å². The predicted molar refractivity (Wildman–Crippen MR) is 146 cm³/mol. The van der Waals surface area contributed by atoms with Crippen LogP contribution in [0.15, 0.2) is 71.9 Å². The normalized spacial score (nSPS) is 16.7. The van der Waals surface area contributed by atoms with Crippen molar-refractivity contribution in [2.45, 2.75) is 37.8 Å². The number of aliphatic hydroxyl groups is 1. The summed E-state index contributed by atoms with van der Waals surface area (Å²) in [5.74, 6) is 0.339. The molecule has 0 spiro atoms. The van der Waals surface area contributed by atoms with Crippen molar-refractivity contribution >= 4 is 34.3 Å². The van der Waals surface area contributed by atoms with Gasteiger partial charge in [-0.1, -0.05) is 24.3 Å². The highest BCUT2D eigenvalue weighted by Crippen LogP contribution is 2.33. The van der Waals surface area contributed by atoms with E-state index in [0.717, 1.165) is 12.8 Å². The molecule has 0 bridgehead atoms. The molecule has 0 radical (unpaired) electrons. The number of hydrogen-bond acceptors (Lipinski definition) is 6. The molecule has 11 nitrogen and oxygen atoms in total. The molecule has 39 heavy (non-hydrogen) atoms. The molecule has 4 aromatic rings. The van der Waals surface area contributed by atoms with Gasteiger partial charge in [0, 0.05) is 30.4 Å². The summed E-state index contributed by atoms with van der Waals surface area (Å²) < 4.78 is 2.96. The molecule has 1 aliphatic heterocycles. The Morgan fingerprint density at radius 2 is 1.72 bits per heavy atom. The number of carbonyl (C=O) groups excluding carboxylic acids is 2. The van der Waals surface area contributed by atoms with Crippen molar-refractivity contribution in [1.82, 2.24) is 24.2 Å². The average Bonchev–Trinajstić information content (AvgIpc) is 3.69. The highest BCUT2D eigenvalue weighted by Gasteiger charge is 2.39. The minimum Gasteiger partial charge on any atom is -0.388 e. The second-order valence-electron chi connectivity index (χ2n) is 10.3. The van der Waals surface area contributed by atoms with E-state index in [1.807, 2.05) is 23.1 Å². The van der Waals surface area contributed by atoms with Gasteiger partial charge < -0.3 is 20.6 Å². The van der Waals surface area contributed by atoms with Crippen LogP contribution in [0.1, 0.15) is 25.7 Å². The van der Waals surface area contributed by atoms with Crippen LogP contribution in [0, 0.1) is 5.92 Å². The number of rotatable bonds is 6. The molecule has 2 aromatic carbocycles. The van der Waals surface area contributed by atoms with Crippen LogP contribution in [-0.2, 0) is 11.3 Å². The maximum absolute atomic E-state index is 13.3. The molecule has 0 atom stereocenters. The van der Waals surface area contributed by atoms with Crippen LogP contribution in [0.25, 0.3) is 16.7 Å². The summed E-state index contributed by atoms with van der Waals surface area (Å²) in [5.41, 5.74) is 0.832. The first-order chi connectivity index (χ1) is 18.9. The van der Waals surface area contributed by atoms with Crippen LogP contribution < -0.4 is 16.2 Å². The van der Waals surface area contributed by atoms with E-state index in [0.29, 0.717) is 54.0 Å². The first-order valence-corrected chi connectivity index (χ1v) is 13.1. The summed E-state index contributed by atoms with van der Waals surface area (Å²) in [7, 11) is 0. The van der Waals surface area contributed by atoms with Crippen molar-refractivity contribution in [3.63, 3.8) is 0 Å². The number of anilines is 2. The Labute approximate surface area is 224 Å². The van der Waals surface area contributed by atoms with Crippen molar-refractivity contribution in [2.75, 3.05) is 23.7 Å². The Morgan fingerprint density at radius 3 is 2.46 bits per heavy atom. The number of aromatic nitrogens is 4. The van der Waals surface area contributed by atoms with Gasteiger partial charge >= 0.3 is 6.03 Å². The molecule has 0 unspecified atom stereocenters. The predicted octanol–water partition coefficient (Wildman–Crippen LogP) is 2.99. The highest BCUT2D eigenvalue weighted by molar-refractivity contribution is 5.99. The third-order valence-electron chi connectivity index (χ3n) is 7.33. The molecule has 3 heterocycles. The Hall–Kier alpha value is -4.51. The van der Waals surface area contributed by atoms with Crippen LogP contribution >= 0.6 is 0 Å². The maximum atomic E-state index is 13.3. The first kappa shape index (κ1) is 24.8. The fourth-order valence-corrected chi connectivity index (χ4v) is 4.99. The smallest absolute Gasteiger partial charge is 0.323 e. The molecule has 2 fully saturated rings. The van der Waals surface area contributed by atoms with Crippen LogP contribution in [-0.4, -0.2) is 60.0 Å². The van der Waals surface area contributed by atoms with E-state index in [1.165, 1.54) is 21.8 Å². The van der Waals surface area contributed by atoms with Gasteiger partial charge in [0.25, 0.3) is 5.56 Å². The topological polar surface area (TPSA) is 134 Å². The van der Waals surface area contributed by atoms with Crippen LogP contribution in [0.3, 0.4) is 0 Å². The standard InChI is InChI=1S/C28H29N7O4/c36-25(19-9-10-19)33-13-11-28(39,12-14-33)17-34-18-29-24-23(26(34)37)16-30-35(24)22-8-4-7-21(15-22)32-27(38)31-20-5-2-1-3-6-20/h1-8,15-16,18-19,39H,9-14,17H2,(H2,31,32,38). The van der Waals surface area contributed by atoms with E-state index < -0.39 is 5.60 Å². The van der Waals surface area contributed by atoms with Crippen molar-refractivity contribution in [2.24, 2.45) is 5.92 Å². The van der Waals surface area contributed by atoms with E-state index >= 15 is 0 Å². The molecule has 1 aliphatic carbocycles. The fourth-order valence-electron chi connectivity index (χ4n) is 4.99. The third kappa shape index (κ3) is 5.26. The minimum absolute atomic E-state index is 0.0986. The Bertz CT molecular complexity index is 1580. The zero-order chi connectivity index (χ0) is 27.0. The molecule has 1 saturated carbocycles. The van der Waals surface area contributed by atoms with Crippen molar-refractivity contribution in [1.29, 1.82) is 0 Å². The Balaban J connectivity index is 1.17. The van der Waals surface area contributed by atoms with Crippen LogP contribution in [0.2, 0.25) is 0 Å². The van der Waals surface area contributed by atoms with E-state index in [1.54, 1.807) is 36.4 Å². The molecular formula is C28H29N7O4. The number of fused-ring (bicyclic) bond motifs is 1. The van der Waals surface area contributed by atoms with Gasteiger partial charge in [-0.25, -0.2) is 14.5 Å². The minimum atomic E-state index is -1.09. The average molecular weight is 528 g/mol. The number of piperidine rings is 1. The Kier molecular flexibility index (Phi) is 6.35. The second-order valence-corrected chi connectivity index (χ2v) is 10.3. The number of hydrogen-bond donors (Lipinski definition) is 3. The van der Waals surface area contributed by atoms with Crippen LogP contribution in [0.5, 0.6) is 0 Å². The number of benzene rings is 2. The van der Waals surface area contributed by atoms with Gasteiger partial charge in [-0.3, -0.25) is 14.2 Å². The second kappa shape index (κ2) is 9.99. The number of carbonyl (C=O) groups is 2. The van der Waals surface area contributed by atoms with Gasteiger partial charge in [-0.15, -0.1) is 0 Å². The summed E-state index contributed by atoms with van der Waals surface area (Å²) in [6.07, 6.45) is 5.62. The monoisotopic (exact) mass is 527 g/mol. The first-order valence-electron chi connectivity index (χ1n) is 13.1. The maximum Gasteiger partial charge on any atom is 0.323 e. The lowest BCUT2D eigenvalue weighted by Gasteiger charge is -2.38. The molecule has 1 saturated heterocycles. The number of likely N-dealkylation sites (tertiary alicyclic amines) is 1.